The Morgan fingerprint density at radius 3 is 2.48 bits per heavy atom. The molecule has 1 fully saturated rings. The molecule has 1 heterocycles. The monoisotopic (exact) mass is 489 g/mol. The number of hydrogen-bond donors (Lipinski definition) is 1. The Bertz CT molecular complexity index is 1110. The largest absolute Gasteiger partial charge is 0.354 e. The van der Waals surface area contributed by atoms with E-state index in [-0.39, 0.29) is 23.9 Å². The number of carbonyl (C=O) groups excluding carboxylic acids is 2. The second kappa shape index (κ2) is 10.3. The van der Waals surface area contributed by atoms with Crippen LogP contribution in [0, 0.1) is 5.92 Å². The maximum Gasteiger partial charge on any atom is 0.247 e. The number of amides is 2. The van der Waals surface area contributed by atoms with Gasteiger partial charge in [0.15, 0.2) is 0 Å². The van der Waals surface area contributed by atoms with Crippen molar-refractivity contribution in [2.45, 2.75) is 42.5 Å². The number of piperazine rings is 1. The highest BCUT2D eigenvalue weighted by molar-refractivity contribution is 7.98. The number of hydrogen-bond acceptors (Lipinski definition) is 5. The molecule has 2 amide bonds. The van der Waals surface area contributed by atoms with Crippen molar-refractivity contribution in [2.24, 2.45) is 5.92 Å². The van der Waals surface area contributed by atoms with Gasteiger partial charge in [-0.15, -0.1) is 11.8 Å². The molecule has 7 nitrogen and oxygen atoms in total. The first-order valence-electron chi connectivity index (χ1n) is 10.9. The van der Waals surface area contributed by atoms with Crippen molar-refractivity contribution in [1.29, 1.82) is 0 Å². The molecule has 0 bridgehead atoms. The first-order chi connectivity index (χ1) is 15.6. The fourth-order valence-electron chi connectivity index (χ4n) is 3.89. The molecule has 1 N–H and O–H groups in total. The number of thioether (sulfide) groups is 1. The van der Waals surface area contributed by atoms with Crippen LogP contribution < -0.4 is 10.2 Å². The Hall–Kier alpha value is -2.36. The van der Waals surface area contributed by atoms with Gasteiger partial charge in [0.2, 0.25) is 21.8 Å². The number of anilines is 1. The summed E-state index contributed by atoms with van der Waals surface area (Å²) < 4.78 is 27.7. The van der Waals surface area contributed by atoms with Crippen molar-refractivity contribution >= 4 is 39.3 Å². The van der Waals surface area contributed by atoms with Gasteiger partial charge >= 0.3 is 0 Å². The average Bonchev–Trinajstić information content (AvgIpc) is 2.79. The average molecular weight is 490 g/mol. The van der Waals surface area contributed by atoms with Gasteiger partial charge in [0, 0.05) is 23.7 Å². The minimum Gasteiger partial charge on any atom is -0.354 e. The summed E-state index contributed by atoms with van der Waals surface area (Å²) in [6.45, 7) is 5.72. The summed E-state index contributed by atoms with van der Waals surface area (Å²) in [6.07, 6.45) is 2.72. The minimum atomic E-state index is -3.95. The number of nitrogens with one attached hydrogen (secondary N) is 1. The van der Waals surface area contributed by atoms with Crippen LogP contribution in [0.25, 0.3) is 0 Å². The van der Waals surface area contributed by atoms with E-state index in [9.17, 15) is 18.0 Å². The van der Waals surface area contributed by atoms with Gasteiger partial charge in [-0.05, 0) is 55.9 Å². The van der Waals surface area contributed by atoms with E-state index in [0.29, 0.717) is 18.2 Å². The normalized spacial score (nSPS) is 19.7. The fraction of sp³-hybridized carbons (Fsp3) is 0.417. The van der Waals surface area contributed by atoms with Crippen LogP contribution in [0.2, 0.25) is 0 Å². The molecular formula is C24H31N3O4S2. The molecule has 9 heteroatoms. The van der Waals surface area contributed by atoms with Crippen molar-refractivity contribution in [3.8, 4) is 0 Å². The number of sulfonamides is 1. The predicted octanol–water partition coefficient (Wildman–Crippen LogP) is 3.37. The van der Waals surface area contributed by atoms with Crippen molar-refractivity contribution in [1.82, 2.24) is 9.62 Å². The third-order valence-corrected chi connectivity index (χ3v) is 8.26. The van der Waals surface area contributed by atoms with Crippen LogP contribution in [-0.4, -0.2) is 56.0 Å². The molecule has 0 radical (unpaired) electrons. The molecule has 0 aromatic heterocycles. The fourth-order valence-corrected chi connectivity index (χ4v) is 5.85. The number of nitrogens with zero attached hydrogens (tertiary/aromatic N) is 2. The second-order valence-corrected chi connectivity index (χ2v) is 11.5. The van der Waals surface area contributed by atoms with Gasteiger partial charge in [-0.2, -0.15) is 4.31 Å². The van der Waals surface area contributed by atoms with Crippen LogP contribution in [0.15, 0.2) is 64.4 Å². The quantitative estimate of drug-likeness (QED) is 0.575. The van der Waals surface area contributed by atoms with E-state index in [1.54, 1.807) is 31.2 Å². The summed E-state index contributed by atoms with van der Waals surface area (Å²) >= 11 is 1.53. The van der Waals surface area contributed by atoms with Crippen LogP contribution in [-0.2, 0) is 19.6 Å². The van der Waals surface area contributed by atoms with E-state index in [0.717, 1.165) is 15.6 Å². The van der Waals surface area contributed by atoms with Gasteiger partial charge in [-0.25, -0.2) is 8.42 Å². The Kier molecular flexibility index (Phi) is 7.87. The first kappa shape index (κ1) is 25.3. The lowest BCUT2D eigenvalue weighted by atomic mass is 9.94. The standard InChI is InChI=1S/C24H31N3O4S2/c1-18(2)13-14-25-23(29)24(3)17-26(33(30,31)21-11-6-5-7-12-21)16-22(28)27(24)19-9-8-10-20(15-19)32-4/h5-12,15,18H,13-14,16-17H2,1-4H3,(H,25,29)/t24-/m1/s1. The number of carbonyl (C=O) groups is 2. The molecule has 0 saturated carbocycles. The minimum absolute atomic E-state index is 0.0956. The summed E-state index contributed by atoms with van der Waals surface area (Å²) in [7, 11) is -3.95. The summed E-state index contributed by atoms with van der Waals surface area (Å²) in [6, 6.07) is 15.4. The lowest BCUT2D eigenvalue weighted by Gasteiger charge is -2.46. The zero-order valence-corrected chi connectivity index (χ0v) is 21.1. The molecule has 1 aliphatic heterocycles. The molecule has 2 aromatic rings. The lowest BCUT2D eigenvalue weighted by Crippen LogP contribution is -2.70. The number of benzene rings is 2. The molecule has 2 aromatic carbocycles. The van der Waals surface area contributed by atoms with Crippen molar-refractivity contribution < 1.29 is 18.0 Å². The summed E-state index contributed by atoms with van der Waals surface area (Å²) in [5, 5.41) is 2.93. The Morgan fingerprint density at radius 2 is 1.85 bits per heavy atom. The molecule has 3 rings (SSSR count). The highest BCUT2D eigenvalue weighted by Crippen LogP contribution is 2.33. The third kappa shape index (κ3) is 5.42. The van der Waals surface area contributed by atoms with Gasteiger partial charge in [0.25, 0.3) is 0 Å². The van der Waals surface area contributed by atoms with Gasteiger partial charge in [-0.1, -0.05) is 38.1 Å². The van der Waals surface area contributed by atoms with Crippen LogP contribution in [0.1, 0.15) is 27.2 Å². The van der Waals surface area contributed by atoms with E-state index < -0.39 is 21.5 Å². The van der Waals surface area contributed by atoms with Crippen LogP contribution in [0.4, 0.5) is 5.69 Å². The zero-order valence-electron chi connectivity index (χ0n) is 19.4. The van der Waals surface area contributed by atoms with E-state index in [4.69, 9.17) is 0 Å². The molecule has 0 unspecified atom stereocenters. The Labute approximate surface area is 200 Å². The zero-order chi connectivity index (χ0) is 24.2. The van der Waals surface area contributed by atoms with E-state index in [2.05, 4.69) is 19.2 Å². The highest BCUT2D eigenvalue weighted by Gasteiger charge is 2.51. The van der Waals surface area contributed by atoms with Crippen molar-refractivity contribution in [3.05, 3.63) is 54.6 Å². The molecule has 0 aliphatic carbocycles. The smallest absolute Gasteiger partial charge is 0.247 e. The predicted molar refractivity (Wildman–Crippen MR) is 132 cm³/mol. The van der Waals surface area contributed by atoms with E-state index in [1.807, 2.05) is 24.5 Å². The Morgan fingerprint density at radius 1 is 1.15 bits per heavy atom. The SMILES string of the molecule is CSc1cccc(N2C(=O)CN(S(=O)(=O)c3ccccc3)C[C@]2(C)C(=O)NCCC(C)C)c1. The van der Waals surface area contributed by atoms with E-state index >= 15 is 0 Å². The third-order valence-electron chi connectivity index (χ3n) is 5.73. The molecule has 1 saturated heterocycles. The van der Waals surface area contributed by atoms with Gasteiger partial charge < -0.3 is 5.32 Å². The Balaban J connectivity index is 2.02. The number of rotatable bonds is 8. The van der Waals surface area contributed by atoms with Crippen molar-refractivity contribution in [2.75, 3.05) is 30.8 Å². The van der Waals surface area contributed by atoms with Gasteiger partial charge in [0.05, 0.1) is 11.4 Å². The summed E-state index contributed by atoms with van der Waals surface area (Å²) in [4.78, 5) is 29.4. The van der Waals surface area contributed by atoms with Crippen LogP contribution >= 0.6 is 11.8 Å². The molecule has 33 heavy (non-hydrogen) atoms. The van der Waals surface area contributed by atoms with E-state index in [1.165, 1.54) is 28.8 Å². The van der Waals surface area contributed by atoms with Crippen LogP contribution in [0.5, 0.6) is 0 Å². The first-order valence-corrected chi connectivity index (χ1v) is 13.6. The molecule has 178 valence electrons. The lowest BCUT2D eigenvalue weighted by molar-refractivity contribution is -0.132. The van der Waals surface area contributed by atoms with Crippen molar-refractivity contribution in [3.63, 3.8) is 0 Å². The van der Waals surface area contributed by atoms with Crippen LogP contribution in [0.3, 0.4) is 0 Å². The summed E-state index contributed by atoms with van der Waals surface area (Å²) in [5.41, 5.74) is -0.837. The molecule has 1 atom stereocenters. The molecular weight excluding hydrogens is 458 g/mol. The van der Waals surface area contributed by atoms with Gasteiger partial charge in [-0.3, -0.25) is 14.5 Å². The molecule has 1 aliphatic rings. The maximum atomic E-state index is 13.5. The molecule has 0 spiro atoms. The topological polar surface area (TPSA) is 86.8 Å². The second-order valence-electron chi connectivity index (χ2n) is 8.73. The highest BCUT2D eigenvalue weighted by atomic mass is 32.2. The summed E-state index contributed by atoms with van der Waals surface area (Å²) in [5.74, 6) is -0.421. The van der Waals surface area contributed by atoms with Gasteiger partial charge in [0.1, 0.15) is 5.54 Å². The maximum absolute atomic E-state index is 13.5.